The lowest BCUT2D eigenvalue weighted by Gasteiger charge is -2.24. The molecule has 2 rings (SSSR count). The summed E-state index contributed by atoms with van der Waals surface area (Å²) >= 11 is 9.91. The van der Waals surface area contributed by atoms with Gasteiger partial charge in [0.05, 0.1) is 12.0 Å². The minimum Gasteiger partial charge on any atom is -0.494 e. The highest BCUT2D eigenvalue weighted by Gasteiger charge is 2.23. The summed E-state index contributed by atoms with van der Waals surface area (Å²) in [5.74, 6) is 1.00. The van der Waals surface area contributed by atoms with Gasteiger partial charge < -0.3 is 4.74 Å². The van der Waals surface area contributed by atoms with Crippen molar-refractivity contribution in [3.63, 3.8) is 0 Å². The molecule has 0 saturated heterocycles. The van der Waals surface area contributed by atoms with Crippen molar-refractivity contribution in [1.29, 1.82) is 0 Å². The first-order chi connectivity index (χ1) is 7.24. The maximum absolute atomic E-state index is 6.34. The molecule has 0 aliphatic heterocycles. The molecule has 1 unspecified atom stereocenters. The zero-order chi connectivity index (χ0) is 10.8. The van der Waals surface area contributed by atoms with Crippen molar-refractivity contribution < 1.29 is 4.74 Å². The van der Waals surface area contributed by atoms with Gasteiger partial charge in [-0.15, -0.1) is 11.6 Å². The Morgan fingerprint density at radius 2 is 2.33 bits per heavy atom. The van der Waals surface area contributed by atoms with Gasteiger partial charge in [0.25, 0.3) is 0 Å². The lowest BCUT2D eigenvalue weighted by molar-refractivity contribution is 0.334. The van der Waals surface area contributed by atoms with Crippen LogP contribution in [0.5, 0.6) is 5.75 Å². The van der Waals surface area contributed by atoms with Gasteiger partial charge in [-0.05, 0) is 49.4 Å². The summed E-state index contributed by atoms with van der Waals surface area (Å²) < 4.78 is 6.74. The Balaban J connectivity index is 2.48. The molecular formula is C12H14BrClO. The lowest BCUT2D eigenvalue weighted by Crippen LogP contribution is -2.09. The molecule has 82 valence electrons. The quantitative estimate of drug-likeness (QED) is 0.730. The van der Waals surface area contributed by atoms with Crippen molar-refractivity contribution in [3.8, 4) is 5.75 Å². The number of fused-ring (bicyclic) bond motifs is 1. The van der Waals surface area contributed by atoms with Crippen LogP contribution in [0, 0.1) is 0 Å². The van der Waals surface area contributed by atoms with E-state index < -0.39 is 0 Å². The lowest BCUT2D eigenvalue weighted by atomic mass is 9.90. The van der Waals surface area contributed by atoms with E-state index in [-0.39, 0.29) is 5.38 Å². The third kappa shape index (κ3) is 2.16. The van der Waals surface area contributed by atoms with Crippen LogP contribution in [0.4, 0.5) is 0 Å². The number of halogens is 2. The zero-order valence-corrected chi connectivity index (χ0v) is 11.1. The van der Waals surface area contributed by atoms with E-state index in [1.807, 2.05) is 19.1 Å². The monoisotopic (exact) mass is 288 g/mol. The standard InChI is InChI=1S/C12H14BrClO/c1-2-15-11-7-6-9(13)12-8(11)4-3-5-10(12)14/h6-7,10H,2-5H2,1H3. The Hall–Kier alpha value is -0.210. The average molecular weight is 290 g/mol. The van der Waals surface area contributed by atoms with E-state index in [0.717, 1.165) is 29.5 Å². The van der Waals surface area contributed by atoms with Crippen molar-refractivity contribution in [2.24, 2.45) is 0 Å². The van der Waals surface area contributed by atoms with Gasteiger partial charge in [-0.25, -0.2) is 0 Å². The fourth-order valence-corrected chi connectivity index (χ4v) is 3.29. The van der Waals surface area contributed by atoms with Crippen molar-refractivity contribution in [3.05, 3.63) is 27.7 Å². The Kier molecular flexibility index (Phi) is 3.57. The molecule has 0 amide bonds. The van der Waals surface area contributed by atoms with Crippen molar-refractivity contribution in [2.45, 2.75) is 31.6 Å². The predicted octanol–water partition coefficient (Wildman–Crippen LogP) is 4.46. The summed E-state index contributed by atoms with van der Waals surface area (Å²) in [6, 6.07) is 4.06. The Labute approximate surface area is 104 Å². The summed E-state index contributed by atoms with van der Waals surface area (Å²) in [6.45, 7) is 2.72. The van der Waals surface area contributed by atoms with Crippen LogP contribution >= 0.6 is 27.5 Å². The van der Waals surface area contributed by atoms with E-state index >= 15 is 0 Å². The number of rotatable bonds is 2. The highest BCUT2D eigenvalue weighted by atomic mass is 79.9. The normalized spacial score (nSPS) is 19.8. The largest absolute Gasteiger partial charge is 0.494 e. The van der Waals surface area contributed by atoms with Gasteiger partial charge in [-0.3, -0.25) is 0 Å². The van der Waals surface area contributed by atoms with Gasteiger partial charge in [0.15, 0.2) is 0 Å². The maximum Gasteiger partial charge on any atom is 0.122 e. The summed E-state index contributed by atoms with van der Waals surface area (Å²) in [4.78, 5) is 0. The van der Waals surface area contributed by atoms with Crippen LogP contribution in [0.25, 0.3) is 0 Å². The van der Waals surface area contributed by atoms with Crippen molar-refractivity contribution in [2.75, 3.05) is 6.61 Å². The smallest absolute Gasteiger partial charge is 0.122 e. The van der Waals surface area contributed by atoms with E-state index in [4.69, 9.17) is 16.3 Å². The van der Waals surface area contributed by atoms with Gasteiger partial charge >= 0.3 is 0 Å². The molecule has 0 bridgehead atoms. The van der Waals surface area contributed by atoms with E-state index in [1.165, 1.54) is 11.1 Å². The average Bonchev–Trinajstić information content (AvgIpc) is 2.22. The molecule has 1 atom stereocenters. The summed E-state index contributed by atoms with van der Waals surface area (Å²) in [5.41, 5.74) is 2.52. The van der Waals surface area contributed by atoms with E-state index in [9.17, 15) is 0 Å². The Morgan fingerprint density at radius 3 is 3.07 bits per heavy atom. The number of ether oxygens (including phenoxy) is 1. The molecule has 15 heavy (non-hydrogen) atoms. The predicted molar refractivity (Wildman–Crippen MR) is 66.8 cm³/mol. The summed E-state index contributed by atoms with van der Waals surface area (Å²) in [6.07, 6.45) is 3.29. The number of hydrogen-bond donors (Lipinski definition) is 0. The third-order valence-corrected chi connectivity index (χ3v) is 3.89. The molecule has 0 fully saturated rings. The molecular weight excluding hydrogens is 275 g/mol. The van der Waals surface area contributed by atoms with E-state index in [2.05, 4.69) is 15.9 Å². The third-order valence-electron chi connectivity index (χ3n) is 2.76. The first kappa shape index (κ1) is 11.3. The molecule has 3 heteroatoms. The molecule has 0 radical (unpaired) electrons. The maximum atomic E-state index is 6.34. The Morgan fingerprint density at radius 1 is 1.53 bits per heavy atom. The number of alkyl halides is 1. The number of hydrogen-bond acceptors (Lipinski definition) is 1. The molecule has 0 N–H and O–H groups in total. The van der Waals surface area contributed by atoms with Crippen molar-refractivity contribution >= 4 is 27.5 Å². The van der Waals surface area contributed by atoms with Crippen LogP contribution < -0.4 is 4.74 Å². The van der Waals surface area contributed by atoms with Gasteiger partial charge in [-0.2, -0.15) is 0 Å². The molecule has 0 saturated carbocycles. The summed E-state index contributed by atoms with van der Waals surface area (Å²) in [5, 5.41) is 0.128. The van der Waals surface area contributed by atoms with Gasteiger partial charge in [0.1, 0.15) is 5.75 Å². The van der Waals surface area contributed by atoms with Crippen LogP contribution in [0.15, 0.2) is 16.6 Å². The first-order valence-electron chi connectivity index (χ1n) is 5.32. The molecule has 0 aromatic heterocycles. The second-order valence-corrected chi connectivity index (χ2v) is 5.11. The van der Waals surface area contributed by atoms with Gasteiger partial charge in [-0.1, -0.05) is 15.9 Å². The Bertz CT molecular complexity index is 365. The molecule has 0 spiro atoms. The highest BCUT2D eigenvalue weighted by molar-refractivity contribution is 9.10. The second kappa shape index (κ2) is 4.75. The minimum atomic E-state index is 0.128. The fourth-order valence-electron chi connectivity index (χ4n) is 2.11. The molecule has 1 aliphatic carbocycles. The highest BCUT2D eigenvalue weighted by Crippen LogP contribution is 2.42. The van der Waals surface area contributed by atoms with E-state index in [0.29, 0.717) is 6.61 Å². The van der Waals surface area contributed by atoms with Crippen molar-refractivity contribution in [1.82, 2.24) is 0 Å². The second-order valence-electron chi connectivity index (χ2n) is 3.73. The molecule has 0 heterocycles. The van der Waals surface area contributed by atoms with Crippen LogP contribution in [0.1, 0.15) is 36.3 Å². The van der Waals surface area contributed by atoms with Crippen LogP contribution in [0.3, 0.4) is 0 Å². The van der Waals surface area contributed by atoms with Gasteiger partial charge in [0.2, 0.25) is 0 Å². The molecule has 1 nitrogen and oxygen atoms in total. The first-order valence-corrected chi connectivity index (χ1v) is 6.55. The molecule has 1 aromatic rings. The molecule has 1 aliphatic rings. The SMILES string of the molecule is CCOc1ccc(Br)c2c1CCCC2Cl. The molecule has 1 aromatic carbocycles. The minimum absolute atomic E-state index is 0.128. The number of benzene rings is 1. The van der Waals surface area contributed by atoms with Crippen LogP contribution in [0.2, 0.25) is 0 Å². The topological polar surface area (TPSA) is 9.23 Å². The summed E-state index contributed by atoms with van der Waals surface area (Å²) in [7, 11) is 0. The fraction of sp³-hybridized carbons (Fsp3) is 0.500. The van der Waals surface area contributed by atoms with Crippen LogP contribution in [-0.2, 0) is 6.42 Å². The zero-order valence-electron chi connectivity index (χ0n) is 8.72. The van der Waals surface area contributed by atoms with Crippen LogP contribution in [-0.4, -0.2) is 6.61 Å². The van der Waals surface area contributed by atoms with E-state index in [1.54, 1.807) is 0 Å². The van der Waals surface area contributed by atoms with Gasteiger partial charge in [0, 0.05) is 4.47 Å².